The summed E-state index contributed by atoms with van der Waals surface area (Å²) in [5.41, 5.74) is 12.3. The number of nitrogens with two attached hydrogens (primary N) is 2. The van der Waals surface area contributed by atoms with Crippen molar-refractivity contribution < 1.29 is 22.9 Å². The molecule has 0 rings (SSSR count). The van der Waals surface area contributed by atoms with E-state index in [1.165, 1.54) is 0 Å². The highest BCUT2D eigenvalue weighted by Crippen LogP contribution is 2.18. The Kier molecular flexibility index (Phi) is 9.70. The minimum atomic E-state index is -2.76. The molecule has 0 aromatic rings. The van der Waals surface area contributed by atoms with Gasteiger partial charge in [-0.05, 0) is 27.2 Å². The first-order valence-corrected chi connectivity index (χ1v) is 8.88. The zero-order chi connectivity index (χ0) is 16.3. The van der Waals surface area contributed by atoms with Gasteiger partial charge in [0.15, 0.2) is 0 Å². The molecule has 5 N–H and O–H groups in total. The highest BCUT2D eigenvalue weighted by Gasteiger charge is 2.39. The van der Waals surface area contributed by atoms with Crippen molar-refractivity contribution in [3.8, 4) is 0 Å². The van der Waals surface area contributed by atoms with Crippen molar-refractivity contribution in [2.45, 2.75) is 33.2 Å². The smallest absolute Gasteiger partial charge is 0.374 e. The molecular weight excluding hydrogens is 296 g/mol. The lowest BCUT2D eigenvalue weighted by Gasteiger charge is -2.29. The van der Waals surface area contributed by atoms with E-state index in [2.05, 4.69) is 5.43 Å². The maximum Gasteiger partial charge on any atom is 0.500 e. The van der Waals surface area contributed by atoms with Gasteiger partial charge in [-0.15, -0.1) is 0 Å². The average Bonchev–Trinajstić information content (AvgIpc) is 2.38. The lowest BCUT2D eigenvalue weighted by Crippen LogP contribution is -2.52. The number of hydrogen-bond acceptors (Lipinski definition) is 5. The number of hydrazine groups is 1. The summed E-state index contributed by atoms with van der Waals surface area (Å²) in [6, 6.07) is -1.13. The largest absolute Gasteiger partial charge is 0.500 e. The molecule has 0 aromatic carbocycles. The number of urea groups is 2. The van der Waals surface area contributed by atoms with Crippen LogP contribution >= 0.6 is 0 Å². The van der Waals surface area contributed by atoms with Crippen LogP contribution < -0.4 is 16.9 Å². The first kappa shape index (κ1) is 19.6. The third-order valence-corrected chi connectivity index (χ3v) is 5.62. The molecule has 0 aliphatic carbocycles. The van der Waals surface area contributed by atoms with E-state index < -0.39 is 20.9 Å². The molecule has 4 amide bonds. The summed E-state index contributed by atoms with van der Waals surface area (Å²) < 4.78 is 17.0. The summed E-state index contributed by atoms with van der Waals surface area (Å²) in [5, 5.41) is 0.950. The van der Waals surface area contributed by atoms with Gasteiger partial charge in [0.05, 0.1) is 0 Å². The second-order valence-corrected chi connectivity index (χ2v) is 6.78. The molecule has 21 heavy (non-hydrogen) atoms. The predicted octanol–water partition coefficient (Wildman–Crippen LogP) is 0.389. The molecule has 124 valence electrons. The van der Waals surface area contributed by atoms with E-state index in [4.69, 9.17) is 24.7 Å². The number of hydrogen-bond donors (Lipinski definition) is 3. The van der Waals surface area contributed by atoms with Crippen molar-refractivity contribution in [2.24, 2.45) is 11.5 Å². The summed E-state index contributed by atoms with van der Waals surface area (Å²) in [7, 11) is -2.76. The number of nitrogens with one attached hydrogen (secondary N) is 1. The quantitative estimate of drug-likeness (QED) is 0.396. The lowest BCUT2D eigenvalue weighted by molar-refractivity contribution is 0.0698. The van der Waals surface area contributed by atoms with Gasteiger partial charge in [-0.1, -0.05) is 0 Å². The van der Waals surface area contributed by atoms with Crippen molar-refractivity contribution in [3.63, 3.8) is 0 Å². The molecule has 0 atom stereocenters. The molecule has 0 aliphatic heterocycles. The molecule has 0 spiro atoms. The van der Waals surface area contributed by atoms with E-state index in [0.717, 1.165) is 5.01 Å². The first-order chi connectivity index (χ1) is 9.90. The summed E-state index contributed by atoms with van der Waals surface area (Å²) in [4.78, 5) is 21.9. The number of rotatable bonds is 10. The third-order valence-electron chi connectivity index (χ3n) is 2.47. The van der Waals surface area contributed by atoms with Crippen LogP contribution in [0.3, 0.4) is 0 Å². The Hall–Kier alpha value is -1.36. The Balaban J connectivity index is 4.57. The van der Waals surface area contributed by atoms with Crippen molar-refractivity contribution in [1.82, 2.24) is 10.4 Å². The van der Waals surface area contributed by atoms with E-state index in [9.17, 15) is 9.59 Å². The molecule has 10 heteroatoms. The number of amides is 4. The summed E-state index contributed by atoms with van der Waals surface area (Å²) in [5.74, 6) is 0. The fourth-order valence-corrected chi connectivity index (χ4v) is 4.40. The molecule has 0 saturated heterocycles. The van der Waals surface area contributed by atoms with Gasteiger partial charge in [0.25, 0.3) is 0 Å². The van der Waals surface area contributed by atoms with E-state index in [1.807, 2.05) is 20.8 Å². The van der Waals surface area contributed by atoms with Gasteiger partial charge in [-0.2, -0.15) is 0 Å². The van der Waals surface area contributed by atoms with Crippen LogP contribution in [0.1, 0.15) is 27.2 Å². The molecule has 9 nitrogen and oxygen atoms in total. The maximum absolute atomic E-state index is 11.2. The van der Waals surface area contributed by atoms with Gasteiger partial charge in [0.1, 0.15) is 0 Å². The van der Waals surface area contributed by atoms with Gasteiger partial charge < -0.3 is 24.7 Å². The van der Waals surface area contributed by atoms with E-state index in [-0.39, 0.29) is 6.54 Å². The Morgan fingerprint density at radius 3 is 1.86 bits per heavy atom. The first-order valence-electron chi connectivity index (χ1n) is 6.95. The average molecular weight is 322 g/mol. The molecule has 0 heterocycles. The van der Waals surface area contributed by atoms with Crippen LogP contribution in [0.25, 0.3) is 0 Å². The van der Waals surface area contributed by atoms with Crippen LogP contribution in [0.15, 0.2) is 0 Å². The second-order valence-electron chi connectivity index (χ2n) is 4.05. The Bertz CT molecular complexity index is 315. The number of primary amides is 2. The van der Waals surface area contributed by atoms with Crippen LogP contribution in [0.5, 0.6) is 0 Å². The van der Waals surface area contributed by atoms with Gasteiger partial charge in [-0.25, -0.2) is 20.0 Å². The maximum atomic E-state index is 11.2. The SMILES string of the molecule is CCO[Si](CCCN(NC(N)=O)C(N)=O)(OCC)OCC. The lowest BCUT2D eigenvalue weighted by atomic mass is 10.5. The molecule has 0 aliphatic rings. The van der Waals surface area contributed by atoms with Crippen LogP contribution in [0, 0.1) is 0 Å². The van der Waals surface area contributed by atoms with Crippen molar-refractivity contribution >= 4 is 20.9 Å². The Morgan fingerprint density at radius 2 is 1.52 bits per heavy atom. The molecule has 0 fully saturated rings. The zero-order valence-corrected chi connectivity index (χ0v) is 13.9. The van der Waals surface area contributed by atoms with Crippen LogP contribution in [0.4, 0.5) is 9.59 Å². The highest BCUT2D eigenvalue weighted by molar-refractivity contribution is 6.60. The molecule has 0 unspecified atom stereocenters. The van der Waals surface area contributed by atoms with Crippen molar-refractivity contribution in [3.05, 3.63) is 0 Å². The second kappa shape index (κ2) is 10.4. The van der Waals surface area contributed by atoms with Crippen LogP contribution in [0.2, 0.25) is 6.04 Å². The van der Waals surface area contributed by atoms with E-state index in [1.54, 1.807) is 0 Å². The topological polar surface area (TPSA) is 129 Å². The fourth-order valence-electron chi connectivity index (χ4n) is 1.81. The minimum absolute atomic E-state index is 0.195. The Morgan fingerprint density at radius 1 is 1.05 bits per heavy atom. The highest BCUT2D eigenvalue weighted by atomic mass is 28.4. The third kappa shape index (κ3) is 7.85. The number of nitrogens with zero attached hydrogens (tertiary/aromatic N) is 1. The van der Waals surface area contributed by atoms with Gasteiger partial charge in [-0.3, -0.25) is 0 Å². The summed E-state index contributed by atoms with van der Waals surface area (Å²) in [6.45, 7) is 7.22. The van der Waals surface area contributed by atoms with Crippen molar-refractivity contribution in [2.75, 3.05) is 26.4 Å². The minimum Gasteiger partial charge on any atom is -0.374 e. The zero-order valence-electron chi connectivity index (χ0n) is 12.9. The van der Waals surface area contributed by atoms with Crippen molar-refractivity contribution in [1.29, 1.82) is 0 Å². The summed E-state index contributed by atoms with van der Waals surface area (Å²) >= 11 is 0. The number of carbonyl (C=O) groups excluding carboxylic acids is 2. The standard InChI is InChI=1S/C11H26N4O5Si/c1-4-18-21(19-5-2,20-6-3)9-7-8-15(11(13)17)14-10(12)16/h4-9H2,1-3H3,(H2,13,17)(H3,12,14,16). The molecular formula is C11H26N4O5Si. The summed E-state index contributed by atoms with van der Waals surface area (Å²) in [6.07, 6.45) is 0.495. The molecule has 0 radical (unpaired) electrons. The van der Waals surface area contributed by atoms with Gasteiger partial charge in [0, 0.05) is 32.4 Å². The fraction of sp³-hybridized carbons (Fsp3) is 0.818. The van der Waals surface area contributed by atoms with E-state index in [0.29, 0.717) is 32.3 Å². The normalized spacial score (nSPS) is 11.2. The molecule has 0 saturated carbocycles. The molecule has 0 aromatic heterocycles. The Labute approximate surface area is 126 Å². The number of carbonyl (C=O) groups is 2. The van der Waals surface area contributed by atoms with E-state index >= 15 is 0 Å². The monoisotopic (exact) mass is 322 g/mol. The van der Waals surface area contributed by atoms with Crippen LogP contribution in [-0.2, 0) is 13.3 Å². The molecule has 0 bridgehead atoms. The van der Waals surface area contributed by atoms with Gasteiger partial charge >= 0.3 is 20.9 Å². The predicted molar refractivity (Wildman–Crippen MR) is 79.1 cm³/mol. The van der Waals surface area contributed by atoms with Gasteiger partial charge in [0.2, 0.25) is 0 Å². The van der Waals surface area contributed by atoms with Crippen LogP contribution in [-0.4, -0.2) is 52.2 Å².